The summed E-state index contributed by atoms with van der Waals surface area (Å²) in [5, 5.41) is 14.7. The molecular formula is C64H34N12. The molecule has 0 saturated heterocycles. The molecule has 13 aromatic rings. The molecule has 12 nitrogen and oxygen atoms in total. The summed E-state index contributed by atoms with van der Waals surface area (Å²) in [4.78, 5) is 44.4. The van der Waals surface area contributed by atoms with E-state index in [1.807, 2.05) is 115 Å². The maximum atomic E-state index is 9.97. The van der Waals surface area contributed by atoms with Gasteiger partial charge in [-0.3, -0.25) is 0 Å². The lowest BCUT2D eigenvalue weighted by atomic mass is 9.92. The Morgan fingerprint density at radius 2 is 0.579 bits per heavy atom. The van der Waals surface area contributed by atoms with Crippen LogP contribution in [0.5, 0.6) is 0 Å². The van der Waals surface area contributed by atoms with Gasteiger partial charge in [0.05, 0.1) is 22.4 Å². The first kappa shape index (κ1) is 44.5. The smallest absolute Gasteiger partial charge is 0.307 e. The van der Waals surface area contributed by atoms with Crippen molar-refractivity contribution in [1.82, 2.24) is 29.9 Å². The van der Waals surface area contributed by atoms with Gasteiger partial charge in [-0.2, -0.15) is 5.26 Å². The van der Waals surface area contributed by atoms with Crippen LogP contribution in [0.4, 0.5) is 51.6 Å². The Morgan fingerprint density at radius 1 is 0.316 bits per heavy atom. The minimum Gasteiger partial charge on any atom is -0.370 e. The number of anilines is 6. The lowest BCUT2D eigenvalue weighted by Gasteiger charge is -2.26. The van der Waals surface area contributed by atoms with Crippen molar-refractivity contribution in [2.45, 2.75) is 0 Å². The molecule has 3 aromatic heterocycles. The molecule has 0 aliphatic heterocycles. The van der Waals surface area contributed by atoms with Crippen LogP contribution in [0.15, 0.2) is 206 Å². The minimum atomic E-state index is -0.0889. The van der Waals surface area contributed by atoms with Crippen LogP contribution >= 0.6 is 0 Å². The van der Waals surface area contributed by atoms with Gasteiger partial charge in [-0.15, -0.1) is 15.0 Å². The van der Waals surface area contributed by atoms with E-state index in [1.54, 1.807) is 0 Å². The van der Waals surface area contributed by atoms with Gasteiger partial charge in [0, 0.05) is 57.4 Å². The number of nitriles is 1. The maximum absolute atomic E-state index is 9.97. The topological polar surface area (TPSA) is 121 Å². The zero-order valence-electron chi connectivity index (χ0n) is 40.0. The van der Waals surface area contributed by atoms with E-state index in [9.17, 15) is 5.26 Å². The predicted octanol–water partition coefficient (Wildman–Crippen LogP) is 16.8. The third-order valence-corrected chi connectivity index (χ3v) is 13.5. The molecule has 0 N–H and O–H groups in total. The van der Waals surface area contributed by atoms with E-state index in [0.29, 0.717) is 44.5 Å². The third kappa shape index (κ3) is 7.61. The van der Waals surface area contributed by atoms with Crippen molar-refractivity contribution in [3.05, 3.63) is 246 Å². The summed E-state index contributed by atoms with van der Waals surface area (Å²) in [5.74, 6) is -0.253. The molecule has 10 aromatic carbocycles. The Balaban J connectivity index is 1.06. The van der Waals surface area contributed by atoms with E-state index in [2.05, 4.69) is 141 Å². The van der Waals surface area contributed by atoms with E-state index in [0.717, 1.165) is 77.6 Å². The van der Waals surface area contributed by atoms with Crippen LogP contribution < -0.4 is 9.80 Å². The highest BCUT2D eigenvalue weighted by Gasteiger charge is 2.23. The number of para-hydroxylation sites is 4. The molecule has 12 heteroatoms. The van der Waals surface area contributed by atoms with E-state index in [1.165, 1.54) is 0 Å². The minimum absolute atomic E-state index is 0.0634. The van der Waals surface area contributed by atoms with Crippen LogP contribution in [0.25, 0.3) is 102 Å². The Kier molecular flexibility index (Phi) is 10.7. The standard InChI is InChI=1S/C64H34N12/c1-66-62-59(38-65)69-53-32-47-48-33-54-55(34-49(48)51-36-57-58(74-64(68-3)63(67-2)73-57)37-52(51)50(47)35-56(53)72-62)71-61(40-26-30-46(31-27-40)76(43-20-12-6-13-21-43)44-22-14-7-15-23-44)60(70-54)39-24-28-45(29-25-39)75(41-16-8-4-9-17-41)42-18-10-5-11-19-42/h4-37H. The zero-order chi connectivity index (χ0) is 51.3. The first-order valence-corrected chi connectivity index (χ1v) is 24.1. The lowest BCUT2D eigenvalue weighted by Crippen LogP contribution is -2.09. The summed E-state index contributed by atoms with van der Waals surface area (Å²) in [5.41, 5.74) is 12.1. The van der Waals surface area contributed by atoms with Gasteiger partial charge in [0.15, 0.2) is 11.2 Å². The Bertz CT molecular complexity index is 4280. The van der Waals surface area contributed by atoms with Crippen molar-refractivity contribution < 1.29 is 0 Å². The van der Waals surface area contributed by atoms with Gasteiger partial charge in [-0.1, -0.05) is 117 Å². The average Bonchev–Trinajstić information content (AvgIpc) is 3.48. The first-order chi connectivity index (χ1) is 37.5. The Labute approximate surface area is 434 Å². The molecule has 0 saturated carbocycles. The number of benzene rings is 10. The molecule has 0 spiro atoms. The van der Waals surface area contributed by atoms with Gasteiger partial charge in [-0.25, -0.2) is 15.0 Å². The number of nitrogens with zero attached hydrogens (tertiary/aromatic N) is 12. The molecule has 0 radical (unpaired) electrons. The number of hydrogen-bond acceptors (Lipinski definition) is 9. The molecule has 350 valence electrons. The van der Waals surface area contributed by atoms with Crippen molar-refractivity contribution in [3.8, 4) is 28.6 Å². The average molecular weight is 971 g/mol. The molecule has 0 aliphatic carbocycles. The summed E-state index contributed by atoms with van der Waals surface area (Å²) in [7, 11) is 0. The fraction of sp³-hybridized carbons (Fsp3) is 0. The summed E-state index contributed by atoms with van der Waals surface area (Å²) >= 11 is 0. The van der Waals surface area contributed by atoms with Gasteiger partial charge in [0.25, 0.3) is 11.6 Å². The van der Waals surface area contributed by atoms with Crippen LogP contribution in [-0.4, -0.2) is 29.9 Å². The van der Waals surface area contributed by atoms with Crippen molar-refractivity contribution >= 4 is 117 Å². The summed E-state index contributed by atoms with van der Waals surface area (Å²) in [6.45, 7) is 23.3. The van der Waals surface area contributed by atoms with Crippen molar-refractivity contribution in [3.63, 3.8) is 0 Å². The highest BCUT2D eigenvalue weighted by atomic mass is 15.1. The van der Waals surface area contributed by atoms with Crippen LogP contribution in [-0.2, 0) is 0 Å². The first-order valence-electron chi connectivity index (χ1n) is 24.1. The molecule has 0 atom stereocenters. The normalized spacial score (nSPS) is 11.1. The molecule has 0 amide bonds. The molecule has 0 fully saturated rings. The highest BCUT2D eigenvalue weighted by molar-refractivity contribution is 6.30. The number of rotatable bonds is 8. The van der Waals surface area contributed by atoms with Crippen molar-refractivity contribution in [2.75, 3.05) is 9.80 Å². The Hall–Kier alpha value is -11.4. The molecule has 0 aliphatic rings. The van der Waals surface area contributed by atoms with E-state index in [4.69, 9.17) is 29.7 Å². The highest BCUT2D eigenvalue weighted by Crippen LogP contribution is 2.44. The summed E-state index contributed by atoms with van der Waals surface area (Å²) in [6, 6.07) is 71.6. The number of fused-ring (bicyclic) bond motifs is 9. The number of hydrogen-bond donors (Lipinski definition) is 0. The van der Waals surface area contributed by atoms with Gasteiger partial charge >= 0.3 is 5.82 Å². The second kappa shape index (κ2) is 18.3. The second-order valence-corrected chi connectivity index (χ2v) is 17.9. The van der Waals surface area contributed by atoms with Crippen molar-refractivity contribution in [2.24, 2.45) is 0 Å². The van der Waals surface area contributed by atoms with Gasteiger partial charge in [0.2, 0.25) is 11.0 Å². The monoisotopic (exact) mass is 970 g/mol. The van der Waals surface area contributed by atoms with Crippen LogP contribution in [0.3, 0.4) is 0 Å². The molecular weight excluding hydrogens is 937 g/mol. The SMILES string of the molecule is [C-]#[N+]c1nc2cc3c(cc2nc1C#N)c1cc2nc(-c4ccc(N(c5ccccc5)c5ccccc5)cc4)c(-c4ccc(N(c5ccccc5)c5ccccc5)cc4)nc2cc1c1cc2nc([N+]#[C-])c([N+]#[C-])nc2cc31. The van der Waals surface area contributed by atoms with E-state index < -0.39 is 0 Å². The largest absolute Gasteiger partial charge is 0.370 e. The third-order valence-electron chi connectivity index (χ3n) is 13.5. The number of aromatic nitrogens is 6. The second-order valence-electron chi connectivity index (χ2n) is 17.9. The lowest BCUT2D eigenvalue weighted by molar-refractivity contribution is 1.26. The van der Waals surface area contributed by atoms with Gasteiger partial charge < -0.3 is 24.3 Å². The zero-order valence-corrected chi connectivity index (χ0v) is 40.0. The van der Waals surface area contributed by atoms with Crippen LogP contribution in [0, 0.1) is 31.0 Å². The molecule has 3 heterocycles. The van der Waals surface area contributed by atoms with Crippen molar-refractivity contribution in [1.29, 1.82) is 5.26 Å². The molecule has 76 heavy (non-hydrogen) atoms. The van der Waals surface area contributed by atoms with Gasteiger partial charge in [0.1, 0.15) is 11.6 Å². The predicted molar refractivity (Wildman–Crippen MR) is 302 cm³/mol. The molecule has 0 unspecified atom stereocenters. The van der Waals surface area contributed by atoms with E-state index >= 15 is 0 Å². The van der Waals surface area contributed by atoms with Gasteiger partial charge in [-0.05, 0) is 129 Å². The molecule has 0 bridgehead atoms. The quantitative estimate of drug-likeness (QED) is 0.0832. The fourth-order valence-corrected chi connectivity index (χ4v) is 10.1. The molecule has 13 rings (SSSR count). The summed E-state index contributed by atoms with van der Waals surface area (Å²) in [6.07, 6.45) is 0. The fourth-order valence-electron chi connectivity index (χ4n) is 10.1. The Morgan fingerprint density at radius 3 is 0.868 bits per heavy atom. The van der Waals surface area contributed by atoms with Crippen LogP contribution in [0.2, 0.25) is 0 Å². The summed E-state index contributed by atoms with van der Waals surface area (Å²) < 4.78 is 0. The van der Waals surface area contributed by atoms with Crippen LogP contribution in [0.1, 0.15) is 5.69 Å². The maximum Gasteiger partial charge on any atom is 0.307 e. The van der Waals surface area contributed by atoms with E-state index in [-0.39, 0.29) is 23.1 Å².